The highest BCUT2D eigenvalue weighted by Crippen LogP contribution is 2.13. The van der Waals surface area contributed by atoms with E-state index in [1.165, 1.54) is 0 Å². The van der Waals surface area contributed by atoms with Crippen LogP contribution in [0.15, 0.2) is 0 Å². The number of nitrogens with zero attached hydrogens (tertiary/aromatic N) is 1. The highest BCUT2D eigenvalue weighted by molar-refractivity contribution is 4.77. The lowest BCUT2D eigenvalue weighted by Gasteiger charge is -2.12. The molecule has 0 saturated carbocycles. The Morgan fingerprint density at radius 1 is 1.20 bits per heavy atom. The Bertz CT molecular complexity index is 107. The van der Waals surface area contributed by atoms with Gasteiger partial charge in [-0.25, -0.2) is 0 Å². The Morgan fingerprint density at radius 2 is 1.60 bits per heavy atom. The van der Waals surface area contributed by atoms with Gasteiger partial charge < -0.3 is 14.4 Å². The molecule has 2 unspecified atom stereocenters. The summed E-state index contributed by atoms with van der Waals surface area (Å²) in [6, 6.07) is 0. The van der Waals surface area contributed by atoms with Crippen LogP contribution in [-0.2, 0) is 9.47 Å². The monoisotopic (exact) mass is 143 g/mol. The third kappa shape index (κ3) is 1.94. The van der Waals surface area contributed by atoms with Crippen molar-refractivity contribution in [3.63, 3.8) is 0 Å². The summed E-state index contributed by atoms with van der Waals surface area (Å²) in [5.41, 5.74) is 0. The maximum Gasteiger partial charge on any atom is 0.0936 e. The molecule has 0 aliphatic carbocycles. The topological polar surface area (TPSA) is 28.3 Å². The molecular weight excluding hydrogens is 130 g/mol. The van der Waals surface area contributed by atoms with Crippen molar-refractivity contribution in [1.82, 2.24) is 4.90 Å². The van der Waals surface area contributed by atoms with Crippen molar-refractivity contribution in [3.05, 3.63) is 0 Å². The average Bonchev–Trinajstić information content (AvgIpc) is 2.59. The maximum absolute atomic E-state index is 5.10. The van der Waals surface area contributed by atoms with Gasteiger partial charge in [-0.1, -0.05) is 0 Å². The molecule has 0 aromatic carbocycles. The van der Waals surface area contributed by atoms with Gasteiger partial charge in [0.2, 0.25) is 0 Å². The summed E-state index contributed by atoms with van der Waals surface area (Å²) in [5.74, 6) is 0. The molecule has 0 bridgehead atoms. The number of hydrogen-bond acceptors (Lipinski definition) is 3. The average molecular weight is 143 g/mol. The fourth-order valence-electron chi connectivity index (χ4n) is 1.12. The molecule has 2 aliphatic rings. The van der Waals surface area contributed by atoms with Crippen molar-refractivity contribution in [1.29, 1.82) is 0 Å². The Kier molecular flexibility index (Phi) is 1.64. The summed E-state index contributed by atoms with van der Waals surface area (Å²) in [5, 5.41) is 0. The molecule has 0 aromatic rings. The molecule has 3 heteroatoms. The van der Waals surface area contributed by atoms with Crippen LogP contribution < -0.4 is 0 Å². The summed E-state index contributed by atoms with van der Waals surface area (Å²) < 4.78 is 10.2. The van der Waals surface area contributed by atoms with Crippen molar-refractivity contribution < 1.29 is 9.47 Å². The van der Waals surface area contributed by atoms with Gasteiger partial charge in [-0.15, -0.1) is 0 Å². The summed E-state index contributed by atoms with van der Waals surface area (Å²) in [6.45, 7) is 4.05. The largest absolute Gasteiger partial charge is 0.372 e. The third-order valence-electron chi connectivity index (χ3n) is 1.84. The second-order valence-electron chi connectivity index (χ2n) is 3.13. The van der Waals surface area contributed by atoms with Gasteiger partial charge in [0.1, 0.15) is 0 Å². The third-order valence-corrected chi connectivity index (χ3v) is 1.84. The summed E-state index contributed by atoms with van der Waals surface area (Å²) in [7, 11) is 2.11. The van der Waals surface area contributed by atoms with Crippen LogP contribution in [0.2, 0.25) is 0 Å². The summed E-state index contributed by atoms with van der Waals surface area (Å²) in [6.07, 6.45) is 1.03. The fourth-order valence-corrected chi connectivity index (χ4v) is 1.12. The van der Waals surface area contributed by atoms with Crippen LogP contribution in [-0.4, -0.2) is 50.5 Å². The van der Waals surface area contributed by atoms with Crippen molar-refractivity contribution in [2.24, 2.45) is 0 Å². The highest BCUT2D eigenvalue weighted by Gasteiger charge is 2.28. The van der Waals surface area contributed by atoms with Crippen molar-refractivity contribution >= 4 is 0 Å². The van der Waals surface area contributed by atoms with Crippen LogP contribution in [0.5, 0.6) is 0 Å². The number of epoxide rings is 2. The minimum absolute atomic E-state index is 0.517. The van der Waals surface area contributed by atoms with Crippen molar-refractivity contribution in [2.45, 2.75) is 12.2 Å². The molecule has 0 aromatic heterocycles. The van der Waals surface area contributed by atoms with E-state index in [0.29, 0.717) is 12.2 Å². The molecule has 2 saturated heterocycles. The number of likely N-dealkylation sites (N-methyl/N-ethyl adjacent to an activating group) is 1. The predicted molar refractivity (Wildman–Crippen MR) is 37.0 cm³/mol. The first kappa shape index (κ1) is 6.58. The van der Waals surface area contributed by atoms with Crippen LogP contribution in [0.25, 0.3) is 0 Å². The van der Waals surface area contributed by atoms with Gasteiger partial charge in [0.05, 0.1) is 25.4 Å². The minimum atomic E-state index is 0.517. The molecular formula is C7H13NO2. The van der Waals surface area contributed by atoms with E-state index < -0.39 is 0 Å². The smallest absolute Gasteiger partial charge is 0.0936 e. The van der Waals surface area contributed by atoms with E-state index in [0.717, 1.165) is 26.3 Å². The van der Waals surface area contributed by atoms with E-state index in [9.17, 15) is 0 Å². The molecule has 2 atom stereocenters. The quantitative estimate of drug-likeness (QED) is 0.506. The molecule has 0 amide bonds. The van der Waals surface area contributed by atoms with Gasteiger partial charge in [0.25, 0.3) is 0 Å². The molecule has 2 aliphatic heterocycles. The van der Waals surface area contributed by atoms with E-state index >= 15 is 0 Å². The van der Waals surface area contributed by atoms with Crippen LogP contribution in [0, 0.1) is 0 Å². The molecule has 58 valence electrons. The van der Waals surface area contributed by atoms with Gasteiger partial charge in [0.15, 0.2) is 0 Å². The predicted octanol–water partition coefficient (Wildman–Crippen LogP) is -0.284. The molecule has 0 radical (unpaired) electrons. The lowest BCUT2D eigenvalue weighted by molar-refractivity contribution is 0.256. The first-order valence-corrected chi connectivity index (χ1v) is 3.76. The van der Waals surface area contributed by atoms with E-state index in [-0.39, 0.29) is 0 Å². The van der Waals surface area contributed by atoms with Crippen molar-refractivity contribution in [3.8, 4) is 0 Å². The minimum Gasteiger partial charge on any atom is -0.372 e. The second-order valence-corrected chi connectivity index (χ2v) is 3.13. The number of rotatable bonds is 4. The molecule has 3 nitrogen and oxygen atoms in total. The van der Waals surface area contributed by atoms with E-state index in [1.54, 1.807) is 0 Å². The van der Waals surface area contributed by atoms with Crippen LogP contribution in [0.1, 0.15) is 0 Å². The van der Waals surface area contributed by atoms with Crippen LogP contribution in [0.4, 0.5) is 0 Å². The molecule has 0 spiro atoms. The van der Waals surface area contributed by atoms with Gasteiger partial charge in [-0.05, 0) is 7.05 Å². The Morgan fingerprint density at radius 3 is 1.90 bits per heavy atom. The maximum atomic E-state index is 5.10. The zero-order valence-electron chi connectivity index (χ0n) is 6.25. The molecule has 2 fully saturated rings. The van der Waals surface area contributed by atoms with Gasteiger partial charge in [-0.2, -0.15) is 0 Å². The Hall–Kier alpha value is -0.120. The number of ether oxygens (including phenoxy) is 2. The highest BCUT2D eigenvalue weighted by atomic mass is 16.6. The van der Waals surface area contributed by atoms with E-state index in [1.807, 2.05) is 0 Å². The normalized spacial score (nSPS) is 36.6. The zero-order valence-corrected chi connectivity index (χ0v) is 6.25. The Labute approximate surface area is 60.9 Å². The first-order valence-electron chi connectivity index (χ1n) is 3.76. The van der Waals surface area contributed by atoms with E-state index in [2.05, 4.69) is 11.9 Å². The lowest BCUT2D eigenvalue weighted by Crippen LogP contribution is -2.27. The Balaban J connectivity index is 1.60. The summed E-state index contributed by atoms with van der Waals surface area (Å²) in [4.78, 5) is 2.27. The van der Waals surface area contributed by atoms with Crippen LogP contribution in [0.3, 0.4) is 0 Å². The van der Waals surface area contributed by atoms with Crippen molar-refractivity contribution in [2.75, 3.05) is 33.4 Å². The molecule has 2 rings (SSSR count). The van der Waals surface area contributed by atoms with Gasteiger partial charge in [-0.3, -0.25) is 0 Å². The molecule has 2 heterocycles. The van der Waals surface area contributed by atoms with E-state index in [4.69, 9.17) is 9.47 Å². The molecule has 0 N–H and O–H groups in total. The standard InChI is InChI=1S/C7H13NO2/c1-8(2-6-4-9-6)3-7-5-10-7/h6-7H,2-5H2,1H3. The van der Waals surface area contributed by atoms with Gasteiger partial charge in [0, 0.05) is 13.1 Å². The zero-order chi connectivity index (χ0) is 6.97. The van der Waals surface area contributed by atoms with Gasteiger partial charge >= 0.3 is 0 Å². The summed E-state index contributed by atoms with van der Waals surface area (Å²) >= 11 is 0. The SMILES string of the molecule is CN(CC1CO1)CC1CO1. The lowest BCUT2D eigenvalue weighted by atomic mass is 10.4. The second kappa shape index (κ2) is 2.49. The number of hydrogen-bond donors (Lipinski definition) is 0. The first-order chi connectivity index (χ1) is 4.84. The molecule has 10 heavy (non-hydrogen) atoms. The fraction of sp³-hybridized carbons (Fsp3) is 1.00. The van der Waals surface area contributed by atoms with Crippen LogP contribution >= 0.6 is 0 Å².